The number of benzene rings is 2. The second kappa shape index (κ2) is 8.89. The van der Waals surface area contributed by atoms with Crippen LogP contribution in [-0.4, -0.2) is 42.3 Å². The van der Waals surface area contributed by atoms with E-state index in [1.165, 1.54) is 21.3 Å². The molecule has 152 valence electrons. The Kier molecular flexibility index (Phi) is 6.81. The van der Waals surface area contributed by atoms with Crippen molar-refractivity contribution < 1.29 is 36.9 Å². The molecule has 0 radical (unpaired) electrons. The van der Waals surface area contributed by atoms with Crippen LogP contribution in [0, 0.1) is 5.82 Å². The third-order valence-corrected chi connectivity index (χ3v) is 5.36. The van der Waals surface area contributed by atoms with Crippen molar-refractivity contribution in [3.63, 3.8) is 0 Å². The number of hydrogen-bond donors (Lipinski definition) is 1. The summed E-state index contributed by atoms with van der Waals surface area (Å²) in [7, 11) is 0.108. The Bertz CT molecular complexity index is 951. The molecule has 0 bridgehead atoms. The first-order valence-electron chi connectivity index (χ1n) is 8.03. The molecule has 0 fully saturated rings. The van der Waals surface area contributed by atoms with Gasteiger partial charge in [-0.3, -0.25) is 0 Å². The van der Waals surface area contributed by atoms with Crippen molar-refractivity contribution in [1.29, 1.82) is 0 Å². The molecule has 0 aliphatic carbocycles. The first kappa shape index (κ1) is 21.5. The lowest BCUT2D eigenvalue weighted by Gasteiger charge is -2.14. The monoisotopic (exact) mass is 412 g/mol. The van der Waals surface area contributed by atoms with Gasteiger partial charge in [0.05, 0.1) is 27.3 Å². The Balaban J connectivity index is 2.19. The van der Waals surface area contributed by atoms with Crippen LogP contribution in [0.4, 0.5) is 4.39 Å². The molecule has 2 aromatic carbocycles. The Labute approximate surface area is 161 Å². The molecular weight excluding hydrogens is 393 g/mol. The van der Waals surface area contributed by atoms with Gasteiger partial charge >= 0.3 is 0 Å². The van der Waals surface area contributed by atoms with E-state index in [2.05, 4.69) is 4.72 Å². The predicted molar refractivity (Wildman–Crippen MR) is 95.7 cm³/mol. The van der Waals surface area contributed by atoms with Crippen LogP contribution in [0.2, 0.25) is 0 Å². The summed E-state index contributed by atoms with van der Waals surface area (Å²) >= 11 is 0. The highest BCUT2D eigenvalue weighted by molar-refractivity contribution is 7.89. The van der Waals surface area contributed by atoms with Crippen molar-refractivity contribution in [2.45, 2.75) is 11.3 Å². The smallest absolute Gasteiger partial charge is 0.243 e. The number of halogens is 1. The number of aromatic carboxylic acids is 1. The number of sulfonamides is 1. The zero-order valence-electron chi connectivity index (χ0n) is 15.4. The fourth-order valence-corrected chi connectivity index (χ4v) is 3.66. The van der Waals surface area contributed by atoms with Crippen molar-refractivity contribution in [2.75, 3.05) is 27.9 Å². The van der Waals surface area contributed by atoms with Crippen molar-refractivity contribution >= 4 is 16.0 Å². The molecule has 8 nitrogen and oxygen atoms in total. The van der Waals surface area contributed by atoms with Crippen LogP contribution in [-0.2, 0) is 16.4 Å². The summed E-state index contributed by atoms with van der Waals surface area (Å²) in [4.78, 5) is 10.1. The van der Waals surface area contributed by atoms with Crippen LogP contribution in [0.15, 0.2) is 35.2 Å². The molecule has 2 aromatic rings. The molecule has 0 unspecified atom stereocenters. The maximum atomic E-state index is 13.9. The van der Waals surface area contributed by atoms with Crippen molar-refractivity contribution in [3.05, 3.63) is 47.3 Å². The van der Waals surface area contributed by atoms with Gasteiger partial charge in [0.2, 0.25) is 15.8 Å². The van der Waals surface area contributed by atoms with Gasteiger partial charge in [-0.25, -0.2) is 17.5 Å². The molecule has 0 heterocycles. The molecule has 0 amide bonds. The quantitative estimate of drug-likeness (QED) is 0.646. The Morgan fingerprint density at radius 2 is 1.68 bits per heavy atom. The van der Waals surface area contributed by atoms with E-state index in [4.69, 9.17) is 14.2 Å². The molecule has 0 aromatic heterocycles. The molecular formula is C18H19FNO7S-. The van der Waals surface area contributed by atoms with Gasteiger partial charge in [-0.15, -0.1) is 0 Å². The number of carboxylic acids is 1. The topological polar surface area (TPSA) is 114 Å². The van der Waals surface area contributed by atoms with Crippen molar-refractivity contribution in [1.82, 2.24) is 4.72 Å². The lowest BCUT2D eigenvalue weighted by Crippen LogP contribution is -2.28. The Hall–Kier alpha value is -2.85. The van der Waals surface area contributed by atoms with Crippen molar-refractivity contribution in [2.24, 2.45) is 0 Å². The second-order valence-electron chi connectivity index (χ2n) is 5.61. The molecule has 0 atom stereocenters. The van der Waals surface area contributed by atoms with Gasteiger partial charge in [0.1, 0.15) is 10.7 Å². The number of nitrogens with one attached hydrogen (secondary N) is 1. The number of carbonyl (C=O) groups excluding carboxylic acids is 1. The van der Waals surface area contributed by atoms with Crippen LogP contribution >= 0.6 is 0 Å². The lowest BCUT2D eigenvalue weighted by molar-refractivity contribution is -0.255. The highest BCUT2D eigenvalue weighted by Crippen LogP contribution is 2.38. The van der Waals surface area contributed by atoms with E-state index in [0.29, 0.717) is 28.9 Å². The number of carbonyl (C=O) groups is 1. The average Bonchev–Trinajstić information content (AvgIpc) is 2.66. The molecule has 10 heteroatoms. The van der Waals surface area contributed by atoms with Crippen LogP contribution in [0.1, 0.15) is 15.9 Å². The fourth-order valence-electron chi connectivity index (χ4n) is 2.52. The third kappa shape index (κ3) is 4.70. The number of hydrogen-bond acceptors (Lipinski definition) is 7. The average molecular weight is 412 g/mol. The normalized spacial score (nSPS) is 11.1. The van der Waals surface area contributed by atoms with E-state index >= 15 is 0 Å². The van der Waals surface area contributed by atoms with Gasteiger partial charge < -0.3 is 24.1 Å². The van der Waals surface area contributed by atoms with E-state index < -0.39 is 32.3 Å². The maximum Gasteiger partial charge on any atom is 0.243 e. The molecule has 0 aliphatic rings. The number of carboxylic acid groups (broad SMARTS) is 1. The zero-order chi connectivity index (χ0) is 20.9. The minimum Gasteiger partial charge on any atom is -0.545 e. The molecule has 0 saturated heterocycles. The Morgan fingerprint density at radius 1 is 1.07 bits per heavy atom. The van der Waals surface area contributed by atoms with Crippen LogP contribution in [0.3, 0.4) is 0 Å². The first-order chi connectivity index (χ1) is 13.2. The van der Waals surface area contributed by atoms with E-state index in [-0.39, 0.29) is 13.0 Å². The summed E-state index contributed by atoms with van der Waals surface area (Å²) in [6.07, 6.45) is 0.234. The van der Waals surface area contributed by atoms with E-state index in [1.54, 1.807) is 12.1 Å². The molecule has 28 heavy (non-hydrogen) atoms. The summed E-state index contributed by atoms with van der Waals surface area (Å²) in [5.74, 6) is -1.45. The van der Waals surface area contributed by atoms with Crippen LogP contribution < -0.4 is 24.0 Å². The molecule has 0 spiro atoms. The minimum atomic E-state index is -4.26. The summed E-state index contributed by atoms with van der Waals surface area (Å²) in [6.45, 7) is -0.0735. The molecule has 0 saturated carbocycles. The Morgan fingerprint density at radius 3 is 2.18 bits per heavy atom. The fraction of sp³-hybridized carbons (Fsp3) is 0.278. The van der Waals surface area contributed by atoms with E-state index in [1.807, 2.05) is 0 Å². The third-order valence-electron chi connectivity index (χ3n) is 3.89. The van der Waals surface area contributed by atoms with E-state index in [9.17, 15) is 22.7 Å². The van der Waals surface area contributed by atoms with Crippen LogP contribution in [0.5, 0.6) is 17.2 Å². The van der Waals surface area contributed by atoms with E-state index in [0.717, 1.165) is 12.1 Å². The summed E-state index contributed by atoms with van der Waals surface area (Å²) < 4.78 is 56.5. The van der Waals surface area contributed by atoms with Gasteiger partial charge in [0, 0.05) is 6.54 Å². The number of methoxy groups -OCH3 is 3. The second-order valence-corrected chi connectivity index (χ2v) is 7.35. The van der Waals surface area contributed by atoms with Gasteiger partial charge in [-0.2, -0.15) is 0 Å². The number of rotatable bonds is 9. The first-order valence-corrected chi connectivity index (χ1v) is 9.51. The molecule has 1 N–H and O–H groups in total. The zero-order valence-corrected chi connectivity index (χ0v) is 16.3. The SMILES string of the molecule is COc1cc(CCNS(=O)(=O)c2cc(C(=O)[O-])ccc2F)cc(OC)c1OC. The molecule has 2 rings (SSSR count). The lowest BCUT2D eigenvalue weighted by atomic mass is 10.1. The summed E-state index contributed by atoms with van der Waals surface area (Å²) in [6, 6.07) is 5.73. The van der Waals surface area contributed by atoms with Gasteiger partial charge in [-0.1, -0.05) is 6.07 Å². The summed E-state index contributed by atoms with van der Waals surface area (Å²) in [5.41, 5.74) is 0.243. The van der Waals surface area contributed by atoms with Crippen molar-refractivity contribution in [3.8, 4) is 17.2 Å². The predicted octanol–water partition coefficient (Wildman–Crippen LogP) is 0.736. The largest absolute Gasteiger partial charge is 0.545 e. The van der Waals surface area contributed by atoms with Gasteiger partial charge in [-0.05, 0) is 41.8 Å². The highest BCUT2D eigenvalue weighted by Gasteiger charge is 2.20. The minimum absolute atomic E-state index is 0.0735. The standard InChI is InChI=1S/C18H20FNO7S/c1-25-14-8-11(9-15(26-2)17(14)27-3)6-7-20-28(23,24)16-10-12(18(21)22)4-5-13(16)19/h4-5,8-10,20H,6-7H2,1-3H3,(H,21,22)/p-1. The summed E-state index contributed by atoms with van der Waals surface area (Å²) in [5, 5.41) is 10.9. The highest BCUT2D eigenvalue weighted by atomic mass is 32.2. The number of ether oxygens (including phenoxy) is 3. The maximum absolute atomic E-state index is 13.9. The van der Waals surface area contributed by atoms with Crippen LogP contribution in [0.25, 0.3) is 0 Å². The molecule has 0 aliphatic heterocycles. The van der Waals surface area contributed by atoms with Gasteiger partial charge in [0.25, 0.3) is 0 Å². The van der Waals surface area contributed by atoms with Gasteiger partial charge in [0.15, 0.2) is 11.5 Å².